The number of hydroxylamine groups is 2. The highest BCUT2D eigenvalue weighted by molar-refractivity contribution is 5.96. The van der Waals surface area contributed by atoms with Gasteiger partial charge in [-0.25, -0.2) is 14.8 Å². The fourth-order valence-electron chi connectivity index (χ4n) is 4.07. The maximum atomic E-state index is 13.4. The highest BCUT2D eigenvalue weighted by atomic mass is 16.8. The smallest absolute Gasteiger partial charge is 0.481 e. The molecule has 2 N–H and O–H groups in total. The Morgan fingerprint density at radius 1 is 1.02 bits per heavy atom. The predicted octanol–water partition coefficient (Wildman–Crippen LogP) is 2.44. The zero-order valence-corrected chi connectivity index (χ0v) is 22.9. The van der Waals surface area contributed by atoms with Gasteiger partial charge in [0.2, 0.25) is 5.91 Å². The average Bonchev–Trinajstić information content (AvgIpc) is 2.95. The molecule has 13 nitrogen and oxygen atoms in total. The Morgan fingerprint density at radius 3 is 2.35 bits per heavy atom. The Morgan fingerprint density at radius 2 is 1.73 bits per heavy atom. The van der Waals surface area contributed by atoms with E-state index < -0.39 is 36.1 Å². The summed E-state index contributed by atoms with van der Waals surface area (Å²) in [5, 5.41) is 13.3. The van der Waals surface area contributed by atoms with E-state index in [2.05, 4.69) is 15.3 Å². The third kappa shape index (κ3) is 8.71. The minimum atomic E-state index is -1.11. The number of benzene rings is 1. The van der Waals surface area contributed by atoms with Gasteiger partial charge in [0, 0.05) is 31.7 Å². The van der Waals surface area contributed by atoms with Gasteiger partial charge in [0.1, 0.15) is 11.7 Å². The van der Waals surface area contributed by atoms with Crippen molar-refractivity contribution < 1.29 is 38.6 Å². The monoisotopic (exact) mass is 557 g/mol. The number of amides is 2. The van der Waals surface area contributed by atoms with Gasteiger partial charge < -0.3 is 29.6 Å². The number of aromatic nitrogens is 2. The van der Waals surface area contributed by atoms with Gasteiger partial charge in [-0.05, 0) is 33.3 Å². The summed E-state index contributed by atoms with van der Waals surface area (Å²) in [6, 6.07) is 9.54. The van der Waals surface area contributed by atoms with Gasteiger partial charge in [-0.3, -0.25) is 14.4 Å². The molecule has 0 spiro atoms. The van der Waals surface area contributed by atoms with Crippen molar-refractivity contribution in [1.29, 1.82) is 0 Å². The molecule has 1 saturated heterocycles. The number of aliphatic carboxylic acids is 1. The minimum Gasteiger partial charge on any atom is -0.481 e. The van der Waals surface area contributed by atoms with Gasteiger partial charge in [0.25, 0.3) is 5.91 Å². The lowest BCUT2D eigenvalue weighted by Gasteiger charge is -2.35. The maximum absolute atomic E-state index is 13.4. The van der Waals surface area contributed by atoms with Gasteiger partial charge in [-0.15, -0.1) is 5.06 Å². The SMILES string of the molecule is CCOC(=O)ON1CCN(C(=O)C(CCC(=O)O)NC(=O)c2cc([C@H](C)OCC)nc(-c3ccccc3)n2)CC1. The van der Waals surface area contributed by atoms with Crippen molar-refractivity contribution in [2.24, 2.45) is 0 Å². The van der Waals surface area contributed by atoms with E-state index in [-0.39, 0.29) is 51.3 Å². The Kier molecular flexibility index (Phi) is 11.3. The van der Waals surface area contributed by atoms with Gasteiger partial charge in [-0.1, -0.05) is 30.3 Å². The lowest BCUT2D eigenvalue weighted by molar-refractivity contribution is -0.157. The quantitative estimate of drug-likeness (QED) is 0.369. The van der Waals surface area contributed by atoms with Crippen LogP contribution in [0.3, 0.4) is 0 Å². The fourth-order valence-corrected chi connectivity index (χ4v) is 4.07. The molecule has 3 rings (SSSR count). The summed E-state index contributed by atoms with van der Waals surface area (Å²) in [6.07, 6.45) is -1.68. The normalized spacial score (nSPS) is 15.1. The molecule has 2 atom stereocenters. The molecule has 1 aliphatic rings. The Labute approximate surface area is 232 Å². The minimum absolute atomic E-state index is 0.0242. The van der Waals surface area contributed by atoms with E-state index in [0.717, 1.165) is 0 Å². The molecule has 216 valence electrons. The third-order valence-corrected chi connectivity index (χ3v) is 6.11. The number of nitrogens with one attached hydrogen (secondary N) is 1. The summed E-state index contributed by atoms with van der Waals surface area (Å²) in [5.41, 5.74) is 1.21. The molecule has 2 heterocycles. The summed E-state index contributed by atoms with van der Waals surface area (Å²) in [6.45, 7) is 6.82. The largest absolute Gasteiger partial charge is 0.527 e. The van der Waals surface area contributed by atoms with E-state index in [4.69, 9.17) is 14.3 Å². The Balaban J connectivity index is 1.78. The molecular weight excluding hydrogens is 522 g/mol. The number of rotatable bonds is 12. The topological polar surface area (TPSA) is 160 Å². The zero-order valence-electron chi connectivity index (χ0n) is 22.9. The van der Waals surface area contributed by atoms with Crippen LogP contribution < -0.4 is 5.32 Å². The van der Waals surface area contributed by atoms with Crippen molar-refractivity contribution in [3.63, 3.8) is 0 Å². The predicted molar refractivity (Wildman–Crippen MR) is 142 cm³/mol. The van der Waals surface area contributed by atoms with Gasteiger partial charge in [-0.2, -0.15) is 0 Å². The first kappa shape index (κ1) is 30.4. The van der Waals surface area contributed by atoms with Crippen molar-refractivity contribution in [1.82, 2.24) is 25.2 Å². The second kappa shape index (κ2) is 14.9. The van der Waals surface area contributed by atoms with Crippen LogP contribution in [0.1, 0.15) is 55.9 Å². The van der Waals surface area contributed by atoms with E-state index in [0.29, 0.717) is 23.7 Å². The molecule has 2 amide bonds. The van der Waals surface area contributed by atoms with Crippen molar-refractivity contribution in [3.8, 4) is 11.4 Å². The second-order valence-corrected chi connectivity index (χ2v) is 8.95. The third-order valence-electron chi connectivity index (χ3n) is 6.11. The lowest BCUT2D eigenvalue weighted by Crippen LogP contribution is -2.55. The molecule has 1 aromatic heterocycles. The molecule has 1 unspecified atom stereocenters. The molecule has 0 radical (unpaired) electrons. The van der Waals surface area contributed by atoms with Crippen molar-refractivity contribution >= 4 is 23.9 Å². The molecular formula is C27H35N5O8. The summed E-state index contributed by atoms with van der Waals surface area (Å²) in [7, 11) is 0. The van der Waals surface area contributed by atoms with E-state index in [1.807, 2.05) is 44.2 Å². The highest BCUT2D eigenvalue weighted by Crippen LogP contribution is 2.21. The summed E-state index contributed by atoms with van der Waals surface area (Å²) in [5.74, 6) is -1.86. The molecule has 2 aromatic rings. The standard InChI is InChI=1S/C27H35N5O8/c1-4-38-18(3)21-17-22(29-24(28-21)19-9-7-6-8-10-19)25(35)30-20(11-12-23(33)34)26(36)31-13-15-32(16-14-31)40-27(37)39-5-2/h6-10,17-18,20H,4-5,11-16H2,1-3H3,(H,30,35)(H,33,34)/t18-,20?/m0/s1. The number of carboxylic acids is 1. The number of ether oxygens (including phenoxy) is 2. The van der Waals surface area contributed by atoms with Gasteiger partial charge >= 0.3 is 12.1 Å². The molecule has 40 heavy (non-hydrogen) atoms. The van der Waals surface area contributed by atoms with Crippen LogP contribution in [-0.2, 0) is 23.9 Å². The van der Waals surface area contributed by atoms with Crippen LogP contribution in [0.2, 0.25) is 0 Å². The van der Waals surface area contributed by atoms with E-state index in [1.54, 1.807) is 6.92 Å². The molecule has 0 aliphatic carbocycles. The van der Waals surface area contributed by atoms with Crippen molar-refractivity contribution in [2.45, 2.75) is 45.8 Å². The van der Waals surface area contributed by atoms with Crippen molar-refractivity contribution in [2.75, 3.05) is 39.4 Å². The van der Waals surface area contributed by atoms with Gasteiger partial charge in [0.15, 0.2) is 5.82 Å². The summed E-state index contributed by atoms with van der Waals surface area (Å²) >= 11 is 0. The van der Waals surface area contributed by atoms with Crippen LogP contribution in [0.15, 0.2) is 36.4 Å². The zero-order chi connectivity index (χ0) is 29.1. The number of carbonyl (C=O) groups excluding carboxylic acids is 3. The first-order valence-corrected chi connectivity index (χ1v) is 13.2. The number of nitrogens with zero attached hydrogens (tertiary/aromatic N) is 4. The van der Waals surface area contributed by atoms with Gasteiger partial charge in [0.05, 0.1) is 31.5 Å². The van der Waals surface area contributed by atoms with Crippen molar-refractivity contribution in [3.05, 3.63) is 47.8 Å². The first-order chi connectivity index (χ1) is 19.2. The molecule has 0 saturated carbocycles. The van der Waals surface area contributed by atoms with Crippen LogP contribution in [-0.4, -0.2) is 94.4 Å². The molecule has 1 fully saturated rings. The molecule has 1 aromatic carbocycles. The number of carboxylic acid groups (broad SMARTS) is 1. The lowest BCUT2D eigenvalue weighted by atomic mass is 10.1. The number of hydrogen-bond donors (Lipinski definition) is 2. The second-order valence-electron chi connectivity index (χ2n) is 8.95. The molecule has 13 heteroatoms. The highest BCUT2D eigenvalue weighted by Gasteiger charge is 2.31. The van der Waals surface area contributed by atoms with Crippen LogP contribution in [0.5, 0.6) is 0 Å². The fraction of sp³-hybridized carbons (Fsp3) is 0.481. The van der Waals surface area contributed by atoms with Crippen LogP contribution in [0.25, 0.3) is 11.4 Å². The van der Waals surface area contributed by atoms with E-state index in [9.17, 15) is 24.3 Å². The number of carbonyl (C=O) groups is 4. The first-order valence-electron chi connectivity index (χ1n) is 13.2. The van der Waals surface area contributed by atoms with E-state index >= 15 is 0 Å². The molecule has 1 aliphatic heterocycles. The Bertz CT molecular complexity index is 1170. The van der Waals surface area contributed by atoms with Crippen LogP contribution in [0.4, 0.5) is 4.79 Å². The summed E-state index contributed by atoms with van der Waals surface area (Å²) in [4.78, 5) is 65.2. The number of hydrogen-bond acceptors (Lipinski definition) is 10. The molecule has 0 bridgehead atoms. The Hall–Kier alpha value is -4.10. The maximum Gasteiger partial charge on any atom is 0.527 e. The van der Waals surface area contributed by atoms with Crippen LogP contribution >= 0.6 is 0 Å². The van der Waals surface area contributed by atoms with E-state index in [1.165, 1.54) is 16.0 Å². The van der Waals surface area contributed by atoms with Crippen LogP contribution in [0, 0.1) is 0 Å². The summed E-state index contributed by atoms with van der Waals surface area (Å²) < 4.78 is 10.4. The number of piperazine rings is 1. The average molecular weight is 558 g/mol.